The number of nitrogens with one attached hydrogen (secondary N) is 1. The molecule has 1 N–H and O–H groups in total. The molecule has 21 heavy (non-hydrogen) atoms. The molecule has 3 heteroatoms. The van der Waals surface area contributed by atoms with Crippen LogP contribution in [0.15, 0.2) is 36.4 Å². The second kappa shape index (κ2) is 5.78. The molecule has 1 aliphatic heterocycles. The summed E-state index contributed by atoms with van der Waals surface area (Å²) in [7, 11) is 3.36. The number of fused-ring (bicyclic) bond motifs is 1. The zero-order valence-corrected chi connectivity index (χ0v) is 12.8. The van der Waals surface area contributed by atoms with Crippen molar-refractivity contribution in [3.63, 3.8) is 0 Å². The lowest BCUT2D eigenvalue weighted by Crippen LogP contribution is -2.28. The van der Waals surface area contributed by atoms with Gasteiger partial charge in [0.15, 0.2) is 11.5 Å². The second-order valence-electron chi connectivity index (χ2n) is 5.52. The van der Waals surface area contributed by atoms with Gasteiger partial charge in [0.25, 0.3) is 0 Å². The van der Waals surface area contributed by atoms with Gasteiger partial charge in [-0.1, -0.05) is 29.8 Å². The van der Waals surface area contributed by atoms with Crippen molar-refractivity contribution >= 4 is 0 Å². The number of ether oxygens (including phenoxy) is 2. The van der Waals surface area contributed by atoms with Gasteiger partial charge in [-0.15, -0.1) is 0 Å². The SMILES string of the molecule is COc1cc2c(cc1OC)CC(c1ccc(C)cc1)NC2. The van der Waals surface area contributed by atoms with E-state index >= 15 is 0 Å². The van der Waals surface area contributed by atoms with Gasteiger partial charge in [0.2, 0.25) is 0 Å². The molecule has 0 fully saturated rings. The first-order valence-electron chi connectivity index (χ1n) is 7.25. The third kappa shape index (κ3) is 2.74. The summed E-state index contributed by atoms with van der Waals surface area (Å²) >= 11 is 0. The van der Waals surface area contributed by atoms with Gasteiger partial charge in [-0.3, -0.25) is 0 Å². The zero-order valence-electron chi connectivity index (χ0n) is 12.8. The fourth-order valence-electron chi connectivity index (χ4n) is 2.88. The normalized spacial score (nSPS) is 17.2. The number of hydrogen-bond acceptors (Lipinski definition) is 3. The third-order valence-corrected chi connectivity index (χ3v) is 4.15. The first-order valence-corrected chi connectivity index (χ1v) is 7.25. The molecule has 1 heterocycles. The van der Waals surface area contributed by atoms with Crippen molar-refractivity contribution in [1.29, 1.82) is 0 Å². The summed E-state index contributed by atoms with van der Waals surface area (Å²) in [4.78, 5) is 0. The zero-order chi connectivity index (χ0) is 14.8. The molecule has 0 spiro atoms. The Hall–Kier alpha value is -2.00. The molecule has 0 saturated heterocycles. The second-order valence-corrected chi connectivity index (χ2v) is 5.52. The smallest absolute Gasteiger partial charge is 0.161 e. The van der Waals surface area contributed by atoms with Gasteiger partial charge in [0, 0.05) is 12.6 Å². The van der Waals surface area contributed by atoms with Gasteiger partial charge in [-0.25, -0.2) is 0 Å². The quantitative estimate of drug-likeness (QED) is 0.936. The lowest BCUT2D eigenvalue weighted by atomic mass is 9.91. The molecule has 0 amide bonds. The van der Waals surface area contributed by atoms with Crippen LogP contribution in [-0.4, -0.2) is 14.2 Å². The molecule has 0 saturated carbocycles. The van der Waals surface area contributed by atoms with Crippen molar-refractivity contribution < 1.29 is 9.47 Å². The predicted octanol–water partition coefficient (Wildman–Crippen LogP) is 3.40. The Morgan fingerprint density at radius 3 is 2.19 bits per heavy atom. The molecule has 3 nitrogen and oxygen atoms in total. The van der Waals surface area contributed by atoms with Gasteiger partial charge < -0.3 is 14.8 Å². The first-order chi connectivity index (χ1) is 10.2. The number of rotatable bonds is 3. The van der Waals surface area contributed by atoms with Crippen molar-refractivity contribution in [2.75, 3.05) is 14.2 Å². The van der Waals surface area contributed by atoms with Crippen molar-refractivity contribution in [1.82, 2.24) is 5.32 Å². The summed E-state index contributed by atoms with van der Waals surface area (Å²) < 4.78 is 10.8. The maximum absolute atomic E-state index is 5.41. The summed E-state index contributed by atoms with van der Waals surface area (Å²) in [5.74, 6) is 1.60. The Kier molecular flexibility index (Phi) is 3.84. The van der Waals surface area contributed by atoms with Crippen LogP contribution < -0.4 is 14.8 Å². The molecule has 0 bridgehead atoms. The van der Waals surface area contributed by atoms with Gasteiger partial charge >= 0.3 is 0 Å². The number of aryl methyl sites for hydroxylation is 1. The monoisotopic (exact) mass is 283 g/mol. The molecule has 2 aromatic rings. The Morgan fingerprint density at radius 2 is 1.57 bits per heavy atom. The van der Waals surface area contributed by atoms with Gasteiger partial charge in [-0.05, 0) is 42.2 Å². The molecule has 110 valence electrons. The molecule has 0 radical (unpaired) electrons. The minimum atomic E-state index is 0.358. The molecular formula is C18H21NO2. The molecule has 2 aromatic carbocycles. The van der Waals surface area contributed by atoms with Crippen LogP contribution in [0, 0.1) is 6.92 Å². The van der Waals surface area contributed by atoms with Crippen LogP contribution in [0.3, 0.4) is 0 Å². The Labute approximate surface area is 125 Å². The maximum Gasteiger partial charge on any atom is 0.161 e. The van der Waals surface area contributed by atoms with E-state index in [2.05, 4.69) is 48.6 Å². The van der Waals surface area contributed by atoms with Crippen molar-refractivity contribution in [2.45, 2.75) is 25.9 Å². The minimum Gasteiger partial charge on any atom is -0.493 e. The Bertz CT molecular complexity index is 634. The summed E-state index contributed by atoms with van der Waals surface area (Å²) in [6, 6.07) is 13.3. The highest BCUT2D eigenvalue weighted by molar-refractivity contribution is 5.49. The topological polar surface area (TPSA) is 30.5 Å². The van der Waals surface area contributed by atoms with Gasteiger partial charge in [0.1, 0.15) is 0 Å². The lowest BCUT2D eigenvalue weighted by molar-refractivity contribution is 0.352. The summed E-state index contributed by atoms with van der Waals surface area (Å²) in [5, 5.41) is 3.60. The standard InChI is InChI=1S/C18H21NO2/c1-12-4-6-13(7-5-12)16-8-14-9-17(20-2)18(21-3)10-15(14)11-19-16/h4-7,9-10,16,19H,8,11H2,1-3H3. The molecule has 0 aliphatic carbocycles. The van der Waals surface area contributed by atoms with E-state index < -0.39 is 0 Å². The fraction of sp³-hybridized carbons (Fsp3) is 0.333. The van der Waals surface area contributed by atoms with Crippen LogP contribution >= 0.6 is 0 Å². The van der Waals surface area contributed by atoms with E-state index in [9.17, 15) is 0 Å². The summed E-state index contributed by atoms with van der Waals surface area (Å²) in [6.45, 7) is 2.97. The number of hydrogen-bond donors (Lipinski definition) is 1. The van der Waals surface area contributed by atoms with Crippen LogP contribution in [0.5, 0.6) is 11.5 Å². The van der Waals surface area contributed by atoms with E-state index in [4.69, 9.17) is 9.47 Å². The maximum atomic E-state index is 5.41. The fourth-order valence-corrected chi connectivity index (χ4v) is 2.88. The van der Waals surface area contributed by atoms with Crippen LogP contribution in [-0.2, 0) is 13.0 Å². The minimum absolute atomic E-state index is 0.358. The van der Waals surface area contributed by atoms with E-state index in [1.54, 1.807) is 14.2 Å². The van der Waals surface area contributed by atoms with Crippen LogP contribution in [0.25, 0.3) is 0 Å². The average Bonchev–Trinajstić information content (AvgIpc) is 2.53. The molecular weight excluding hydrogens is 262 g/mol. The molecule has 1 aliphatic rings. The number of methoxy groups -OCH3 is 2. The van der Waals surface area contributed by atoms with Crippen LogP contribution in [0.1, 0.15) is 28.3 Å². The largest absolute Gasteiger partial charge is 0.493 e. The highest BCUT2D eigenvalue weighted by atomic mass is 16.5. The van der Waals surface area contributed by atoms with Crippen molar-refractivity contribution in [2.24, 2.45) is 0 Å². The highest BCUT2D eigenvalue weighted by Crippen LogP contribution is 2.35. The van der Waals surface area contributed by atoms with Crippen molar-refractivity contribution in [3.05, 3.63) is 58.7 Å². The Balaban J connectivity index is 1.89. The first kappa shape index (κ1) is 14.0. The molecule has 0 aromatic heterocycles. The van der Waals surface area contributed by atoms with Gasteiger partial charge in [-0.2, -0.15) is 0 Å². The molecule has 3 rings (SSSR count). The van der Waals surface area contributed by atoms with Crippen LogP contribution in [0.2, 0.25) is 0 Å². The Morgan fingerprint density at radius 1 is 0.952 bits per heavy atom. The van der Waals surface area contributed by atoms with E-state index in [1.807, 2.05) is 0 Å². The van der Waals surface area contributed by atoms with Crippen LogP contribution in [0.4, 0.5) is 0 Å². The predicted molar refractivity (Wildman–Crippen MR) is 84.0 cm³/mol. The van der Waals surface area contributed by atoms with E-state index in [0.717, 1.165) is 24.5 Å². The molecule has 1 atom stereocenters. The highest BCUT2D eigenvalue weighted by Gasteiger charge is 2.21. The third-order valence-electron chi connectivity index (χ3n) is 4.15. The van der Waals surface area contributed by atoms with E-state index in [-0.39, 0.29) is 0 Å². The summed E-state index contributed by atoms with van der Waals surface area (Å²) in [6.07, 6.45) is 0.971. The summed E-state index contributed by atoms with van der Waals surface area (Å²) in [5.41, 5.74) is 5.25. The molecule has 1 unspecified atom stereocenters. The number of benzene rings is 2. The average molecular weight is 283 g/mol. The van der Waals surface area contributed by atoms with E-state index in [1.165, 1.54) is 22.3 Å². The van der Waals surface area contributed by atoms with Gasteiger partial charge in [0.05, 0.1) is 14.2 Å². The van der Waals surface area contributed by atoms with E-state index in [0.29, 0.717) is 6.04 Å². The lowest BCUT2D eigenvalue weighted by Gasteiger charge is -2.27. The van der Waals surface area contributed by atoms with Crippen molar-refractivity contribution in [3.8, 4) is 11.5 Å².